The molecule has 0 radical (unpaired) electrons. The first-order valence-electron chi connectivity index (χ1n) is 2.97. The number of anilines is 1. The number of benzene rings is 1. The molecule has 11 heavy (non-hydrogen) atoms. The smallest absolute Gasteiger partial charge is 0.164 e. The van der Waals surface area contributed by atoms with E-state index in [0.717, 1.165) is 4.47 Å². The molecule has 1 N–H and O–H groups in total. The van der Waals surface area contributed by atoms with Gasteiger partial charge in [0.2, 0.25) is 0 Å². The Morgan fingerprint density at radius 3 is 2.73 bits per heavy atom. The molecule has 1 aromatic carbocycles. The van der Waals surface area contributed by atoms with Gasteiger partial charge in [-0.15, -0.1) is 0 Å². The van der Waals surface area contributed by atoms with Gasteiger partial charge in [0.05, 0.1) is 10.7 Å². The molecule has 0 heterocycles. The SMILES string of the molecule is CNc1cc(Br)cc(Cl)c1F. The molecule has 0 aromatic heterocycles. The van der Waals surface area contributed by atoms with Crippen LogP contribution >= 0.6 is 27.5 Å². The minimum atomic E-state index is -0.419. The van der Waals surface area contributed by atoms with Crippen LogP contribution in [0, 0.1) is 5.82 Å². The van der Waals surface area contributed by atoms with Crippen LogP contribution in [-0.4, -0.2) is 7.05 Å². The molecule has 0 unspecified atom stereocenters. The monoisotopic (exact) mass is 237 g/mol. The highest BCUT2D eigenvalue weighted by Crippen LogP contribution is 2.27. The minimum Gasteiger partial charge on any atom is -0.386 e. The lowest BCUT2D eigenvalue weighted by Gasteiger charge is -2.03. The summed E-state index contributed by atoms with van der Waals surface area (Å²) in [5, 5.41) is 2.80. The highest BCUT2D eigenvalue weighted by atomic mass is 79.9. The summed E-state index contributed by atoms with van der Waals surface area (Å²) in [6.45, 7) is 0. The molecule has 0 saturated heterocycles. The molecule has 1 aromatic rings. The number of nitrogens with one attached hydrogen (secondary N) is 1. The molecule has 0 aliphatic rings. The molecule has 0 amide bonds. The van der Waals surface area contributed by atoms with Crippen molar-refractivity contribution in [3.63, 3.8) is 0 Å². The van der Waals surface area contributed by atoms with Gasteiger partial charge in [-0.05, 0) is 12.1 Å². The van der Waals surface area contributed by atoms with Crippen molar-refractivity contribution >= 4 is 33.2 Å². The minimum absolute atomic E-state index is 0.115. The van der Waals surface area contributed by atoms with E-state index in [9.17, 15) is 4.39 Å². The van der Waals surface area contributed by atoms with Gasteiger partial charge in [0.25, 0.3) is 0 Å². The molecule has 0 bridgehead atoms. The Morgan fingerprint density at radius 2 is 2.18 bits per heavy atom. The second-order valence-electron chi connectivity index (χ2n) is 2.00. The maximum Gasteiger partial charge on any atom is 0.164 e. The third-order valence-electron chi connectivity index (χ3n) is 1.26. The maximum absolute atomic E-state index is 13.0. The van der Waals surface area contributed by atoms with Crippen molar-refractivity contribution in [2.45, 2.75) is 0 Å². The summed E-state index contributed by atoms with van der Waals surface area (Å²) in [6, 6.07) is 3.14. The quantitative estimate of drug-likeness (QED) is 0.741. The zero-order valence-electron chi connectivity index (χ0n) is 5.79. The van der Waals surface area contributed by atoms with E-state index in [1.165, 1.54) is 6.07 Å². The van der Waals surface area contributed by atoms with Crippen LogP contribution in [-0.2, 0) is 0 Å². The van der Waals surface area contributed by atoms with Crippen molar-refractivity contribution in [2.75, 3.05) is 12.4 Å². The van der Waals surface area contributed by atoms with Crippen molar-refractivity contribution in [1.82, 2.24) is 0 Å². The van der Waals surface area contributed by atoms with E-state index in [1.54, 1.807) is 13.1 Å². The number of rotatable bonds is 1. The van der Waals surface area contributed by atoms with Crippen LogP contribution < -0.4 is 5.32 Å². The van der Waals surface area contributed by atoms with Gasteiger partial charge >= 0.3 is 0 Å². The second-order valence-corrected chi connectivity index (χ2v) is 3.32. The highest BCUT2D eigenvalue weighted by molar-refractivity contribution is 9.10. The molecule has 0 aliphatic carbocycles. The first-order valence-corrected chi connectivity index (χ1v) is 4.14. The van der Waals surface area contributed by atoms with Gasteiger partial charge in [0.1, 0.15) is 0 Å². The summed E-state index contributed by atoms with van der Waals surface area (Å²) in [4.78, 5) is 0. The molecular formula is C7H6BrClFN. The Balaban J connectivity index is 3.24. The fourth-order valence-electron chi connectivity index (χ4n) is 0.738. The summed E-state index contributed by atoms with van der Waals surface area (Å²) < 4.78 is 13.7. The molecule has 4 heteroatoms. The Labute approximate surface area is 77.7 Å². The lowest BCUT2D eigenvalue weighted by molar-refractivity contribution is 0.631. The van der Waals surface area contributed by atoms with Crippen molar-refractivity contribution < 1.29 is 4.39 Å². The first kappa shape index (κ1) is 8.81. The van der Waals surface area contributed by atoms with Crippen LogP contribution in [0.3, 0.4) is 0 Å². The molecule has 0 saturated carbocycles. The Morgan fingerprint density at radius 1 is 1.55 bits per heavy atom. The van der Waals surface area contributed by atoms with E-state index in [-0.39, 0.29) is 5.02 Å². The van der Waals surface area contributed by atoms with E-state index in [4.69, 9.17) is 11.6 Å². The van der Waals surface area contributed by atoms with Crippen LogP contribution in [0.4, 0.5) is 10.1 Å². The third-order valence-corrected chi connectivity index (χ3v) is 2.00. The van der Waals surface area contributed by atoms with Crippen molar-refractivity contribution in [1.29, 1.82) is 0 Å². The first-order chi connectivity index (χ1) is 5.15. The zero-order chi connectivity index (χ0) is 8.43. The van der Waals surface area contributed by atoms with E-state index in [1.807, 2.05) is 0 Å². The molecule has 1 nitrogen and oxygen atoms in total. The average Bonchev–Trinajstić information content (AvgIpc) is 1.96. The van der Waals surface area contributed by atoms with Gasteiger partial charge in [0.15, 0.2) is 5.82 Å². The molecule has 0 aliphatic heterocycles. The van der Waals surface area contributed by atoms with Gasteiger partial charge in [-0.2, -0.15) is 0 Å². The van der Waals surface area contributed by atoms with Gasteiger partial charge in [-0.1, -0.05) is 27.5 Å². The lowest BCUT2D eigenvalue weighted by atomic mass is 10.3. The fraction of sp³-hybridized carbons (Fsp3) is 0.143. The highest BCUT2D eigenvalue weighted by Gasteiger charge is 2.05. The van der Waals surface area contributed by atoms with Gasteiger partial charge in [-0.25, -0.2) is 4.39 Å². The predicted octanol–water partition coefficient (Wildman–Crippen LogP) is 3.28. The van der Waals surface area contributed by atoms with Crippen LogP contribution in [0.1, 0.15) is 0 Å². The summed E-state index contributed by atoms with van der Waals surface area (Å²) in [5.41, 5.74) is 0.393. The number of halogens is 3. The second kappa shape index (κ2) is 3.41. The Bertz CT molecular complexity index is 277. The molecule has 0 atom stereocenters. The topological polar surface area (TPSA) is 12.0 Å². The number of hydrogen-bond donors (Lipinski definition) is 1. The third kappa shape index (κ3) is 1.84. The van der Waals surface area contributed by atoms with Crippen LogP contribution in [0.5, 0.6) is 0 Å². The van der Waals surface area contributed by atoms with Gasteiger partial charge in [0, 0.05) is 11.5 Å². The summed E-state index contributed by atoms with van der Waals surface area (Å²) >= 11 is 8.75. The molecule has 0 fully saturated rings. The summed E-state index contributed by atoms with van der Waals surface area (Å²) in [7, 11) is 1.64. The van der Waals surface area contributed by atoms with Crippen LogP contribution in [0.2, 0.25) is 5.02 Å². The maximum atomic E-state index is 13.0. The molecule has 60 valence electrons. The Hall–Kier alpha value is -0.280. The van der Waals surface area contributed by atoms with Crippen LogP contribution in [0.25, 0.3) is 0 Å². The molecule has 0 spiro atoms. The summed E-state index contributed by atoms with van der Waals surface area (Å²) in [6.07, 6.45) is 0. The van der Waals surface area contributed by atoms with E-state index in [2.05, 4.69) is 21.2 Å². The zero-order valence-corrected chi connectivity index (χ0v) is 8.13. The average molecular weight is 238 g/mol. The van der Waals surface area contributed by atoms with E-state index < -0.39 is 5.82 Å². The van der Waals surface area contributed by atoms with Crippen molar-refractivity contribution in [2.24, 2.45) is 0 Å². The largest absolute Gasteiger partial charge is 0.386 e. The summed E-state index contributed by atoms with van der Waals surface area (Å²) in [5.74, 6) is -0.419. The van der Waals surface area contributed by atoms with Gasteiger partial charge in [-0.3, -0.25) is 0 Å². The van der Waals surface area contributed by atoms with Gasteiger partial charge < -0.3 is 5.32 Å². The number of hydrogen-bond acceptors (Lipinski definition) is 1. The fourth-order valence-corrected chi connectivity index (χ4v) is 1.55. The predicted molar refractivity (Wildman–Crippen MR) is 48.7 cm³/mol. The molecular weight excluding hydrogens is 232 g/mol. The molecule has 1 rings (SSSR count). The van der Waals surface area contributed by atoms with E-state index in [0.29, 0.717) is 5.69 Å². The Kier molecular flexibility index (Phi) is 2.73. The van der Waals surface area contributed by atoms with Crippen molar-refractivity contribution in [3.8, 4) is 0 Å². The normalized spacial score (nSPS) is 9.82. The van der Waals surface area contributed by atoms with Crippen LogP contribution in [0.15, 0.2) is 16.6 Å². The standard InChI is InChI=1S/C7H6BrClFN/c1-11-6-3-4(8)2-5(9)7(6)10/h2-3,11H,1H3. The lowest BCUT2D eigenvalue weighted by Crippen LogP contribution is -1.92. The van der Waals surface area contributed by atoms with E-state index >= 15 is 0 Å². The van der Waals surface area contributed by atoms with Crippen molar-refractivity contribution in [3.05, 3.63) is 27.4 Å².